The average Bonchev–Trinajstić information content (AvgIpc) is 3.42. The van der Waals surface area contributed by atoms with Gasteiger partial charge in [0.05, 0.1) is 7.11 Å². The van der Waals surface area contributed by atoms with E-state index in [0.717, 1.165) is 11.3 Å². The molecule has 3 heterocycles. The number of alkyl halides is 1. The van der Waals surface area contributed by atoms with Crippen LogP contribution < -0.4 is 15.4 Å². The monoisotopic (exact) mass is 813 g/mol. The molecule has 0 saturated carbocycles. The number of methoxy groups -OCH3 is 1. The molecule has 1 aromatic carbocycles. The number of benzene rings is 1. The SMILES string of the molecule is COc1ccc(COC(=O)C2=C(CCl)CSC3C(NC(=O)/C(=N\OC(C)(C)C(=O)OC(C)(C)C)c4nc(NC(=O)OC(C)(C)C)sc4Cl)C(=O)N23)cc1. The number of oxime groups is 1. The van der Waals surface area contributed by atoms with Crippen molar-refractivity contribution in [3.8, 4) is 5.75 Å². The standard InChI is InChI=1S/C34H41Cl2N5O10S2/c1-32(2,3)49-29(45)34(7,8)51-40-21(20-24(36)53-30(38-20)39-31(46)50-33(4,5)6)25(42)37-22-26(43)41-23(18(14-35)16-52-27(22)41)28(44)48-15-17-10-12-19(47-9)13-11-17/h10-13,22,27H,14-16H2,1-9H3,(H,37,42)(H,38,39,46)/b40-21-. The molecule has 2 unspecified atom stereocenters. The molecule has 2 aliphatic rings. The summed E-state index contributed by atoms with van der Waals surface area (Å²) >= 11 is 14.8. The van der Waals surface area contributed by atoms with Gasteiger partial charge in [0.25, 0.3) is 11.8 Å². The summed E-state index contributed by atoms with van der Waals surface area (Å²) in [6.07, 6.45) is -0.822. The highest BCUT2D eigenvalue weighted by Crippen LogP contribution is 2.41. The first kappa shape index (κ1) is 41.7. The van der Waals surface area contributed by atoms with Gasteiger partial charge in [-0.15, -0.1) is 23.4 Å². The average molecular weight is 815 g/mol. The van der Waals surface area contributed by atoms with Crippen LogP contribution in [0, 0.1) is 0 Å². The minimum atomic E-state index is -1.69. The third-order valence-corrected chi connectivity index (χ3v) is 9.94. The predicted molar refractivity (Wildman–Crippen MR) is 200 cm³/mol. The minimum absolute atomic E-state index is 0.00417. The van der Waals surface area contributed by atoms with Gasteiger partial charge in [0, 0.05) is 11.6 Å². The Morgan fingerprint density at radius 2 is 1.66 bits per heavy atom. The van der Waals surface area contributed by atoms with Crippen LogP contribution >= 0.6 is 46.3 Å². The maximum absolute atomic E-state index is 13.9. The highest BCUT2D eigenvalue weighted by molar-refractivity contribution is 8.00. The Labute approximate surface area is 325 Å². The first-order chi connectivity index (χ1) is 24.6. The number of esters is 2. The number of amides is 3. The van der Waals surface area contributed by atoms with Crippen molar-refractivity contribution >= 4 is 87.0 Å². The molecule has 1 saturated heterocycles. The van der Waals surface area contributed by atoms with Crippen molar-refractivity contribution in [2.45, 2.75) is 90.2 Å². The van der Waals surface area contributed by atoms with Gasteiger partial charge in [-0.3, -0.25) is 19.8 Å². The van der Waals surface area contributed by atoms with Crippen LogP contribution in [0.1, 0.15) is 66.6 Å². The summed E-state index contributed by atoms with van der Waals surface area (Å²) in [5.41, 5.74) is -2.89. The smallest absolute Gasteiger partial charge is 0.413 e. The fourth-order valence-corrected chi connectivity index (χ4v) is 7.32. The summed E-state index contributed by atoms with van der Waals surface area (Å²) in [6, 6.07) is 5.81. The Bertz CT molecular complexity index is 1820. The maximum Gasteiger partial charge on any atom is 0.413 e. The molecule has 0 aliphatic carbocycles. The van der Waals surface area contributed by atoms with E-state index in [4.69, 9.17) is 47.0 Å². The van der Waals surface area contributed by atoms with Crippen molar-refractivity contribution in [3.05, 3.63) is 51.1 Å². The topological polar surface area (TPSA) is 184 Å². The molecule has 15 nitrogen and oxygen atoms in total. The normalized spacial score (nSPS) is 17.7. The number of thiazole rings is 1. The van der Waals surface area contributed by atoms with Crippen LogP contribution in [0.25, 0.3) is 0 Å². The Morgan fingerprint density at radius 3 is 2.25 bits per heavy atom. The molecule has 1 aromatic heterocycles. The number of anilines is 1. The summed E-state index contributed by atoms with van der Waals surface area (Å²) < 4.78 is 21.3. The Kier molecular flexibility index (Phi) is 13.0. The van der Waals surface area contributed by atoms with Crippen molar-refractivity contribution in [2.24, 2.45) is 5.16 Å². The van der Waals surface area contributed by atoms with Gasteiger partial charge in [0.1, 0.15) is 50.7 Å². The zero-order chi connectivity index (χ0) is 39.5. The number of aromatic nitrogens is 1. The van der Waals surface area contributed by atoms with Gasteiger partial charge < -0.3 is 29.1 Å². The third kappa shape index (κ3) is 10.5. The summed E-state index contributed by atoms with van der Waals surface area (Å²) in [7, 11) is 1.54. The maximum atomic E-state index is 13.9. The molecule has 4 rings (SSSR count). The molecule has 0 spiro atoms. The second kappa shape index (κ2) is 16.5. The van der Waals surface area contributed by atoms with Crippen molar-refractivity contribution in [3.63, 3.8) is 0 Å². The summed E-state index contributed by atoms with van der Waals surface area (Å²) in [4.78, 5) is 77.3. The first-order valence-corrected chi connectivity index (χ1v) is 18.9. The van der Waals surface area contributed by atoms with Crippen LogP contribution in [0.5, 0.6) is 5.75 Å². The molecule has 19 heteroatoms. The number of halogens is 2. The van der Waals surface area contributed by atoms with E-state index in [1.807, 2.05) is 0 Å². The molecular formula is C34H41Cl2N5O10S2. The quantitative estimate of drug-likeness (QED) is 0.0674. The molecule has 0 radical (unpaired) electrons. The molecule has 3 amide bonds. The molecule has 53 heavy (non-hydrogen) atoms. The second-order valence-corrected chi connectivity index (χ2v) is 17.2. The minimum Gasteiger partial charge on any atom is -0.497 e. The van der Waals surface area contributed by atoms with Crippen LogP contribution in [0.15, 0.2) is 40.7 Å². The Hall–Kier alpha value is -4.06. The van der Waals surface area contributed by atoms with Crippen molar-refractivity contribution in [1.82, 2.24) is 15.2 Å². The number of nitrogens with one attached hydrogen (secondary N) is 2. The van der Waals surface area contributed by atoms with Gasteiger partial charge in [-0.1, -0.05) is 40.2 Å². The largest absolute Gasteiger partial charge is 0.497 e. The fraction of sp³-hybridized carbons (Fsp3) is 0.500. The highest BCUT2D eigenvalue weighted by Gasteiger charge is 2.55. The number of nitrogens with zero attached hydrogens (tertiary/aromatic N) is 3. The molecule has 2 atom stereocenters. The van der Waals surface area contributed by atoms with E-state index in [1.165, 1.54) is 37.6 Å². The van der Waals surface area contributed by atoms with Crippen molar-refractivity contribution < 1.29 is 47.8 Å². The van der Waals surface area contributed by atoms with Crippen molar-refractivity contribution in [1.29, 1.82) is 0 Å². The Morgan fingerprint density at radius 1 is 1.02 bits per heavy atom. The van der Waals surface area contributed by atoms with E-state index in [9.17, 15) is 24.0 Å². The number of hydrogen-bond acceptors (Lipinski definition) is 14. The zero-order valence-corrected chi connectivity index (χ0v) is 33.7. The van der Waals surface area contributed by atoms with Gasteiger partial charge in [0.2, 0.25) is 5.60 Å². The summed E-state index contributed by atoms with van der Waals surface area (Å²) in [5.74, 6) is -2.20. The number of fused-ring (bicyclic) bond motifs is 1. The van der Waals surface area contributed by atoms with Crippen LogP contribution in [0.3, 0.4) is 0 Å². The first-order valence-electron chi connectivity index (χ1n) is 16.1. The number of carbonyl (C=O) groups is 5. The number of rotatable bonds is 12. The summed E-state index contributed by atoms with van der Waals surface area (Å²) in [5, 5.41) is 8.33. The molecule has 0 bridgehead atoms. The van der Waals surface area contributed by atoms with Gasteiger partial charge in [0.15, 0.2) is 10.8 Å². The van der Waals surface area contributed by atoms with Gasteiger partial charge >= 0.3 is 18.0 Å². The van der Waals surface area contributed by atoms with E-state index in [2.05, 4.69) is 20.8 Å². The molecule has 1 fully saturated rings. The molecule has 2 aliphatic heterocycles. The van der Waals surface area contributed by atoms with Crippen LogP contribution in [-0.4, -0.2) is 92.4 Å². The lowest BCUT2D eigenvalue weighted by molar-refractivity contribution is -0.179. The predicted octanol–water partition coefficient (Wildman–Crippen LogP) is 5.63. The van der Waals surface area contributed by atoms with E-state index < -0.39 is 63.8 Å². The van der Waals surface area contributed by atoms with Crippen molar-refractivity contribution in [2.75, 3.05) is 24.1 Å². The lowest BCUT2D eigenvalue weighted by Crippen LogP contribution is -2.71. The number of thioether (sulfide) groups is 1. The van der Waals surface area contributed by atoms with E-state index >= 15 is 0 Å². The molecular weight excluding hydrogens is 773 g/mol. The van der Waals surface area contributed by atoms with Gasteiger partial charge in [-0.25, -0.2) is 19.4 Å². The van der Waals surface area contributed by atoms with Crippen LogP contribution in [0.2, 0.25) is 4.34 Å². The van der Waals surface area contributed by atoms with Crippen LogP contribution in [0.4, 0.5) is 9.93 Å². The molecule has 288 valence electrons. The second-order valence-electron chi connectivity index (χ2n) is 14.2. The van der Waals surface area contributed by atoms with Gasteiger partial charge in [-0.2, -0.15) is 0 Å². The Balaban J connectivity index is 1.57. The molecule has 2 N–H and O–H groups in total. The summed E-state index contributed by atoms with van der Waals surface area (Å²) in [6.45, 7) is 12.8. The van der Waals surface area contributed by atoms with E-state index in [1.54, 1.807) is 65.8 Å². The van der Waals surface area contributed by atoms with Gasteiger partial charge in [-0.05, 0) is 78.7 Å². The lowest BCUT2D eigenvalue weighted by Gasteiger charge is -2.49. The van der Waals surface area contributed by atoms with E-state index in [0.29, 0.717) is 16.9 Å². The highest BCUT2D eigenvalue weighted by atomic mass is 35.5. The lowest BCUT2D eigenvalue weighted by atomic mass is 10.0. The third-order valence-electron chi connectivity index (χ3n) is 7.11. The number of carbonyl (C=O) groups excluding carboxylic acids is 5. The number of hydrogen-bond donors (Lipinski definition) is 2. The van der Waals surface area contributed by atoms with E-state index in [-0.39, 0.29) is 39.1 Å². The zero-order valence-electron chi connectivity index (χ0n) is 30.6. The number of ether oxygens (including phenoxy) is 4. The fourth-order valence-electron chi connectivity index (χ4n) is 4.61. The number of β-lactam (4-membered cyclic amide) rings is 1. The van der Waals surface area contributed by atoms with Crippen LogP contribution in [-0.2, 0) is 44.8 Å². The molecule has 2 aromatic rings.